The Hall–Kier alpha value is -2.54. The Morgan fingerprint density at radius 2 is 1.10 bits per heavy atom. The number of rotatable bonds is 9. The van der Waals surface area contributed by atoms with Crippen LogP contribution in [0.3, 0.4) is 0 Å². The third-order valence-corrected chi connectivity index (χ3v) is 5.92. The van der Waals surface area contributed by atoms with Crippen molar-refractivity contribution in [2.24, 2.45) is 0 Å². The van der Waals surface area contributed by atoms with Crippen LogP contribution in [0.1, 0.15) is 16.7 Å². The smallest absolute Gasteiger partial charge is 0.184 e. The molecule has 5 rings (SSSR count). The first kappa shape index (κ1) is 20.4. The van der Waals surface area contributed by atoms with Gasteiger partial charge < -0.3 is 24.1 Å². The van der Waals surface area contributed by atoms with Crippen molar-refractivity contribution in [1.29, 1.82) is 0 Å². The Labute approximate surface area is 182 Å². The molecule has 3 aromatic carbocycles. The van der Waals surface area contributed by atoms with E-state index in [1.807, 2.05) is 91.0 Å². The second-order valence-corrected chi connectivity index (χ2v) is 8.01. The lowest BCUT2D eigenvalue weighted by Crippen LogP contribution is -2.43. The third kappa shape index (κ3) is 4.15. The topological polar surface area (TPSA) is 57.2 Å². The average Bonchev–Trinajstić information content (AvgIpc) is 3.32. The Bertz CT molecular complexity index is 965. The molecule has 1 saturated carbocycles. The number of aliphatic hydroxyl groups is 1. The van der Waals surface area contributed by atoms with E-state index in [1.165, 1.54) is 0 Å². The summed E-state index contributed by atoms with van der Waals surface area (Å²) in [6, 6.07) is 29.8. The molecule has 0 radical (unpaired) electrons. The summed E-state index contributed by atoms with van der Waals surface area (Å²) in [6.45, 7) is 1.20. The molecule has 0 spiro atoms. The van der Waals surface area contributed by atoms with E-state index >= 15 is 0 Å². The van der Waals surface area contributed by atoms with Crippen LogP contribution in [-0.2, 0) is 38.8 Å². The number of fused-ring (bicyclic) bond motifs is 1. The number of hydrogen-bond donors (Lipinski definition) is 1. The first-order valence-corrected chi connectivity index (χ1v) is 10.6. The van der Waals surface area contributed by atoms with Crippen LogP contribution in [0.4, 0.5) is 0 Å². The van der Waals surface area contributed by atoms with Gasteiger partial charge in [0.2, 0.25) is 0 Å². The highest BCUT2D eigenvalue weighted by molar-refractivity contribution is 5.28. The molecule has 0 aromatic heterocycles. The second-order valence-electron chi connectivity index (χ2n) is 8.01. The lowest BCUT2D eigenvalue weighted by molar-refractivity contribution is -0.199. The van der Waals surface area contributed by atoms with Gasteiger partial charge in [-0.3, -0.25) is 0 Å². The summed E-state index contributed by atoms with van der Waals surface area (Å²) in [5.41, 5.74) is 2.32. The molecule has 160 valence electrons. The van der Waals surface area contributed by atoms with Crippen molar-refractivity contribution >= 4 is 0 Å². The molecule has 1 aliphatic carbocycles. The molecule has 2 fully saturated rings. The molecule has 5 atom stereocenters. The molecule has 0 amide bonds. The molecule has 1 N–H and O–H groups in total. The SMILES string of the molecule is OC1OC2C(OCc3ccccc3)C2(OCc2ccccc2)C1OCc1ccccc1. The van der Waals surface area contributed by atoms with Crippen molar-refractivity contribution in [3.63, 3.8) is 0 Å². The van der Waals surface area contributed by atoms with Crippen LogP contribution in [0.25, 0.3) is 0 Å². The van der Waals surface area contributed by atoms with Gasteiger partial charge in [0.25, 0.3) is 0 Å². The van der Waals surface area contributed by atoms with E-state index in [0.717, 1.165) is 16.7 Å². The molecule has 5 unspecified atom stereocenters. The van der Waals surface area contributed by atoms with Crippen LogP contribution in [0.2, 0.25) is 0 Å². The fraction of sp³-hybridized carbons (Fsp3) is 0.308. The first-order valence-electron chi connectivity index (χ1n) is 10.6. The van der Waals surface area contributed by atoms with Crippen LogP contribution >= 0.6 is 0 Å². The molecular formula is C26H26O5. The zero-order chi connectivity index (χ0) is 21.1. The van der Waals surface area contributed by atoms with Crippen molar-refractivity contribution in [2.45, 2.75) is 50.0 Å². The Morgan fingerprint density at radius 3 is 1.61 bits per heavy atom. The zero-order valence-corrected chi connectivity index (χ0v) is 17.2. The van der Waals surface area contributed by atoms with Crippen molar-refractivity contribution in [2.75, 3.05) is 0 Å². The number of benzene rings is 3. The van der Waals surface area contributed by atoms with Gasteiger partial charge in [-0.1, -0.05) is 91.0 Å². The van der Waals surface area contributed by atoms with Gasteiger partial charge in [-0.15, -0.1) is 0 Å². The molecule has 31 heavy (non-hydrogen) atoms. The summed E-state index contributed by atoms with van der Waals surface area (Å²) in [5.74, 6) is 0. The summed E-state index contributed by atoms with van der Waals surface area (Å²) in [4.78, 5) is 0. The molecule has 1 heterocycles. The third-order valence-electron chi connectivity index (χ3n) is 5.92. The maximum atomic E-state index is 10.6. The fourth-order valence-electron chi connectivity index (χ4n) is 4.25. The zero-order valence-electron chi connectivity index (χ0n) is 17.2. The predicted molar refractivity (Wildman–Crippen MR) is 115 cm³/mol. The lowest BCUT2D eigenvalue weighted by atomic mass is 10.1. The standard InChI is InChI=1S/C26H26O5/c27-25-24(29-17-20-12-6-2-7-13-20)26(30-18-21-14-8-3-9-15-21)22(23(26)31-25)28-16-19-10-4-1-5-11-19/h1-15,22-25,27H,16-18H2. The summed E-state index contributed by atoms with van der Waals surface area (Å²) in [6.07, 6.45) is -2.36. The van der Waals surface area contributed by atoms with Crippen LogP contribution in [0, 0.1) is 0 Å². The molecule has 5 heteroatoms. The number of ether oxygens (including phenoxy) is 4. The summed E-state index contributed by atoms with van der Waals surface area (Å²) < 4.78 is 24.5. The van der Waals surface area contributed by atoms with Crippen LogP contribution in [-0.4, -0.2) is 35.3 Å². The van der Waals surface area contributed by atoms with Crippen molar-refractivity contribution in [3.05, 3.63) is 108 Å². The Morgan fingerprint density at radius 1 is 0.645 bits per heavy atom. The Kier molecular flexibility index (Phi) is 5.85. The number of aliphatic hydroxyl groups excluding tert-OH is 1. The summed E-state index contributed by atoms with van der Waals surface area (Å²) >= 11 is 0. The van der Waals surface area contributed by atoms with Crippen molar-refractivity contribution < 1.29 is 24.1 Å². The normalized spacial score (nSPS) is 28.9. The molecule has 1 aliphatic heterocycles. The maximum Gasteiger partial charge on any atom is 0.184 e. The van der Waals surface area contributed by atoms with Gasteiger partial charge >= 0.3 is 0 Å². The van der Waals surface area contributed by atoms with Gasteiger partial charge in [0, 0.05) is 0 Å². The van der Waals surface area contributed by atoms with E-state index in [2.05, 4.69) is 0 Å². The van der Waals surface area contributed by atoms with E-state index in [0.29, 0.717) is 19.8 Å². The average molecular weight is 418 g/mol. The minimum absolute atomic E-state index is 0.305. The molecule has 5 nitrogen and oxygen atoms in total. The van der Waals surface area contributed by atoms with Gasteiger partial charge in [-0.25, -0.2) is 0 Å². The molecule has 1 saturated heterocycles. The Balaban J connectivity index is 1.32. The lowest BCUT2D eigenvalue weighted by Gasteiger charge is -2.27. The van der Waals surface area contributed by atoms with Gasteiger partial charge in [0.15, 0.2) is 11.9 Å². The van der Waals surface area contributed by atoms with Crippen molar-refractivity contribution in [3.8, 4) is 0 Å². The van der Waals surface area contributed by atoms with Crippen molar-refractivity contribution in [1.82, 2.24) is 0 Å². The van der Waals surface area contributed by atoms with E-state index in [4.69, 9.17) is 18.9 Å². The van der Waals surface area contributed by atoms with Crippen LogP contribution < -0.4 is 0 Å². The second kappa shape index (κ2) is 8.91. The summed E-state index contributed by atoms with van der Waals surface area (Å²) in [7, 11) is 0. The van der Waals surface area contributed by atoms with E-state index < -0.39 is 18.0 Å². The van der Waals surface area contributed by atoms with Gasteiger partial charge in [0.05, 0.1) is 19.8 Å². The minimum Gasteiger partial charge on any atom is -0.367 e. The number of hydrogen-bond acceptors (Lipinski definition) is 5. The first-order chi connectivity index (χ1) is 15.3. The van der Waals surface area contributed by atoms with Gasteiger partial charge in [-0.05, 0) is 16.7 Å². The highest BCUT2D eigenvalue weighted by Gasteiger charge is 2.80. The van der Waals surface area contributed by atoms with E-state index in [-0.39, 0.29) is 12.2 Å². The van der Waals surface area contributed by atoms with Crippen LogP contribution in [0.5, 0.6) is 0 Å². The predicted octanol–water partition coefficient (Wildman–Crippen LogP) is 3.84. The molecular weight excluding hydrogens is 392 g/mol. The van der Waals surface area contributed by atoms with Gasteiger partial charge in [-0.2, -0.15) is 0 Å². The highest BCUT2D eigenvalue weighted by atomic mass is 16.7. The highest BCUT2D eigenvalue weighted by Crippen LogP contribution is 2.56. The van der Waals surface area contributed by atoms with Gasteiger partial charge in [0.1, 0.15) is 18.3 Å². The monoisotopic (exact) mass is 418 g/mol. The van der Waals surface area contributed by atoms with E-state index in [9.17, 15) is 5.11 Å². The molecule has 3 aromatic rings. The molecule has 2 aliphatic rings. The quantitative estimate of drug-likeness (QED) is 0.572. The van der Waals surface area contributed by atoms with Crippen LogP contribution in [0.15, 0.2) is 91.0 Å². The largest absolute Gasteiger partial charge is 0.367 e. The summed E-state index contributed by atoms with van der Waals surface area (Å²) in [5, 5.41) is 10.6. The maximum absolute atomic E-state index is 10.6. The molecule has 0 bridgehead atoms. The fourth-order valence-corrected chi connectivity index (χ4v) is 4.25. The van der Waals surface area contributed by atoms with E-state index in [1.54, 1.807) is 0 Å². The minimum atomic E-state index is -1.05.